The second-order valence-electron chi connectivity index (χ2n) is 6.54. The summed E-state index contributed by atoms with van der Waals surface area (Å²) in [5.41, 5.74) is 5.39. The van der Waals surface area contributed by atoms with Gasteiger partial charge in [-0.05, 0) is 29.3 Å². The standard InChI is InChI=1S/C20H23N3O6S/c21-15(20(28)29)7-8-17(24)23-16(19(27)22-10-18(25)26)11-30-14-6-5-12-3-1-2-4-13(12)9-14/h1-6,9,15-16H,7-8,10-11,21H2,(H,22,27)(H,23,24)(H,25,26)(H,28,29)/t15-,16-/m0/s1. The molecule has 10 heteroatoms. The third-order valence-corrected chi connectivity index (χ3v) is 5.29. The minimum atomic E-state index is -1.22. The molecule has 30 heavy (non-hydrogen) atoms. The second kappa shape index (κ2) is 11.2. The number of carbonyl (C=O) groups excluding carboxylic acids is 2. The molecular weight excluding hydrogens is 410 g/mol. The van der Waals surface area contributed by atoms with E-state index in [0.717, 1.165) is 15.7 Å². The predicted molar refractivity (Wildman–Crippen MR) is 112 cm³/mol. The first kappa shape index (κ1) is 23.2. The van der Waals surface area contributed by atoms with Crippen LogP contribution in [-0.4, -0.2) is 58.3 Å². The Morgan fingerprint density at radius 1 is 1.03 bits per heavy atom. The maximum Gasteiger partial charge on any atom is 0.322 e. The van der Waals surface area contributed by atoms with Crippen LogP contribution in [0.15, 0.2) is 47.4 Å². The lowest BCUT2D eigenvalue weighted by Gasteiger charge is -2.18. The van der Waals surface area contributed by atoms with Crippen molar-refractivity contribution in [1.29, 1.82) is 0 Å². The maximum atomic E-state index is 12.3. The highest BCUT2D eigenvalue weighted by molar-refractivity contribution is 7.99. The number of nitrogens with one attached hydrogen (secondary N) is 2. The first-order chi connectivity index (χ1) is 14.3. The number of aliphatic carboxylic acids is 2. The Hall–Kier alpha value is -3.11. The molecule has 2 atom stereocenters. The van der Waals surface area contributed by atoms with Crippen molar-refractivity contribution in [3.05, 3.63) is 42.5 Å². The minimum absolute atomic E-state index is 0.0809. The van der Waals surface area contributed by atoms with Crippen molar-refractivity contribution in [1.82, 2.24) is 10.6 Å². The summed E-state index contributed by atoms with van der Waals surface area (Å²) in [6.45, 7) is -0.574. The zero-order chi connectivity index (χ0) is 22.1. The zero-order valence-electron chi connectivity index (χ0n) is 16.0. The normalized spacial score (nSPS) is 12.7. The minimum Gasteiger partial charge on any atom is -0.480 e. The molecule has 0 radical (unpaired) electrons. The third kappa shape index (κ3) is 7.37. The predicted octanol–water partition coefficient (Wildman–Crippen LogP) is 0.810. The molecule has 2 aromatic rings. The van der Waals surface area contributed by atoms with E-state index in [1.807, 2.05) is 42.5 Å². The topological polar surface area (TPSA) is 159 Å². The number of amides is 2. The fourth-order valence-corrected chi connectivity index (χ4v) is 3.55. The van der Waals surface area contributed by atoms with Crippen molar-refractivity contribution >= 4 is 46.3 Å². The molecule has 9 nitrogen and oxygen atoms in total. The number of fused-ring (bicyclic) bond motifs is 1. The molecule has 0 saturated carbocycles. The van der Waals surface area contributed by atoms with Crippen molar-refractivity contribution in [2.45, 2.75) is 29.8 Å². The van der Waals surface area contributed by atoms with E-state index in [2.05, 4.69) is 10.6 Å². The van der Waals surface area contributed by atoms with Gasteiger partial charge in [-0.25, -0.2) is 0 Å². The Labute approximate surface area is 177 Å². The van der Waals surface area contributed by atoms with E-state index in [0.29, 0.717) is 0 Å². The molecule has 0 unspecified atom stereocenters. The molecule has 0 saturated heterocycles. The van der Waals surface area contributed by atoms with Gasteiger partial charge in [0.15, 0.2) is 0 Å². The highest BCUT2D eigenvalue weighted by Gasteiger charge is 2.22. The van der Waals surface area contributed by atoms with E-state index in [4.69, 9.17) is 15.9 Å². The highest BCUT2D eigenvalue weighted by atomic mass is 32.2. The molecule has 0 aromatic heterocycles. The number of rotatable bonds is 11. The lowest BCUT2D eigenvalue weighted by atomic mass is 10.1. The number of nitrogens with two attached hydrogens (primary N) is 1. The van der Waals surface area contributed by atoms with Crippen molar-refractivity contribution in [2.75, 3.05) is 12.3 Å². The monoisotopic (exact) mass is 433 g/mol. The van der Waals surface area contributed by atoms with E-state index in [9.17, 15) is 19.2 Å². The first-order valence-electron chi connectivity index (χ1n) is 9.15. The number of benzene rings is 2. The molecule has 0 fully saturated rings. The number of hydrogen-bond donors (Lipinski definition) is 5. The molecule has 6 N–H and O–H groups in total. The van der Waals surface area contributed by atoms with Crippen LogP contribution in [-0.2, 0) is 19.2 Å². The van der Waals surface area contributed by atoms with Crippen molar-refractivity contribution < 1.29 is 29.4 Å². The Bertz CT molecular complexity index is 936. The maximum absolute atomic E-state index is 12.3. The van der Waals surface area contributed by atoms with Gasteiger partial charge in [-0.15, -0.1) is 11.8 Å². The first-order valence-corrected chi connectivity index (χ1v) is 10.1. The van der Waals surface area contributed by atoms with E-state index < -0.39 is 42.4 Å². The second-order valence-corrected chi connectivity index (χ2v) is 7.63. The number of carbonyl (C=O) groups is 4. The van der Waals surface area contributed by atoms with Crippen LogP contribution in [0.4, 0.5) is 0 Å². The summed E-state index contributed by atoms with van der Waals surface area (Å²) in [6, 6.07) is 11.4. The summed E-state index contributed by atoms with van der Waals surface area (Å²) in [4.78, 5) is 46.8. The summed E-state index contributed by atoms with van der Waals surface area (Å²) in [5, 5.41) is 24.4. The van der Waals surface area contributed by atoms with Gasteiger partial charge in [0.25, 0.3) is 0 Å². The molecule has 2 rings (SSSR count). The van der Waals surface area contributed by atoms with Crippen molar-refractivity contribution in [3.63, 3.8) is 0 Å². The number of carboxylic acid groups (broad SMARTS) is 2. The van der Waals surface area contributed by atoms with Crippen molar-refractivity contribution in [2.24, 2.45) is 5.73 Å². The van der Waals surface area contributed by atoms with Crippen LogP contribution >= 0.6 is 11.8 Å². The van der Waals surface area contributed by atoms with Crippen LogP contribution in [0.1, 0.15) is 12.8 Å². The van der Waals surface area contributed by atoms with Crippen LogP contribution in [0.25, 0.3) is 10.8 Å². The Balaban J connectivity index is 2.02. The van der Waals surface area contributed by atoms with Gasteiger partial charge < -0.3 is 26.6 Å². The lowest BCUT2D eigenvalue weighted by molar-refractivity contribution is -0.139. The van der Waals surface area contributed by atoms with Gasteiger partial charge in [0.05, 0.1) is 0 Å². The molecule has 160 valence electrons. The van der Waals surface area contributed by atoms with E-state index in [1.165, 1.54) is 11.8 Å². The van der Waals surface area contributed by atoms with Gasteiger partial charge in [-0.3, -0.25) is 19.2 Å². The molecule has 0 aliphatic carbocycles. The molecule has 0 heterocycles. The average Bonchev–Trinajstić information content (AvgIpc) is 2.72. The molecule has 2 amide bonds. The van der Waals surface area contributed by atoms with Crippen LogP contribution in [0, 0.1) is 0 Å². The lowest BCUT2D eigenvalue weighted by Crippen LogP contribution is -2.49. The summed E-state index contributed by atoms with van der Waals surface area (Å²) in [6.07, 6.45) is -0.251. The Morgan fingerprint density at radius 3 is 2.40 bits per heavy atom. The largest absolute Gasteiger partial charge is 0.480 e. The Morgan fingerprint density at radius 2 is 1.73 bits per heavy atom. The smallest absolute Gasteiger partial charge is 0.322 e. The van der Waals surface area contributed by atoms with Gasteiger partial charge in [-0.2, -0.15) is 0 Å². The van der Waals surface area contributed by atoms with Crippen molar-refractivity contribution in [3.8, 4) is 0 Å². The summed E-state index contributed by atoms with van der Waals surface area (Å²) < 4.78 is 0. The van der Waals surface area contributed by atoms with E-state index in [1.54, 1.807) is 0 Å². The molecule has 2 aromatic carbocycles. The van der Waals surface area contributed by atoms with E-state index in [-0.39, 0.29) is 18.6 Å². The summed E-state index contributed by atoms with van der Waals surface area (Å²) in [5.74, 6) is -3.43. The summed E-state index contributed by atoms with van der Waals surface area (Å²) >= 11 is 1.34. The van der Waals surface area contributed by atoms with E-state index >= 15 is 0 Å². The van der Waals surface area contributed by atoms with Gasteiger partial charge in [0, 0.05) is 17.1 Å². The Kier molecular flexibility index (Phi) is 8.63. The van der Waals surface area contributed by atoms with Crippen LogP contribution in [0.5, 0.6) is 0 Å². The fraction of sp³-hybridized carbons (Fsp3) is 0.300. The molecule has 0 bridgehead atoms. The van der Waals surface area contributed by atoms with Gasteiger partial charge in [0.2, 0.25) is 11.8 Å². The molecular formula is C20H23N3O6S. The number of thioether (sulfide) groups is 1. The fourth-order valence-electron chi connectivity index (χ4n) is 2.58. The van der Waals surface area contributed by atoms with Crippen LogP contribution < -0.4 is 16.4 Å². The number of carboxylic acids is 2. The quantitative estimate of drug-likeness (QED) is 0.326. The molecule has 0 aliphatic rings. The van der Waals surface area contributed by atoms with Crippen LogP contribution in [0.2, 0.25) is 0 Å². The number of hydrogen-bond acceptors (Lipinski definition) is 6. The third-order valence-electron chi connectivity index (χ3n) is 4.20. The van der Waals surface area contributed by atoms with Gasteiger partial charge >= 0.3 is 11.9 Å². The van der Waals surface area contributed by atoms with Gasteiger partial charge in [0.1, 0.15) is 18.6 Å². The van der Waals surface area contributed by atoms with Gasteiger partial charge in [-0.1, -0.05) is 30.3 Å². The zero-order valence-corrected chi connectivity index (χ0v) is 16.9. The van der Waals surface area contributed by atoms with Crippen LogP contribution in [0.3, 0.4) is 0 Å². The average molecular weight is 433 g/mol. The highest BCUT2D eigenvalue weighted by Crippen LogP contribution is 2.24. The SMILES string of the molecule is N[C@@H](CCC(=O)N[C@@H](CSc1ccc2ccccc2c1)C(=O)NCC(=O)O)C(=O)O. The molecule has 0 aliphatic heterocycles. The summed E-state index contributed by atoms with van der Waals surface area (Å²) in [7, 11) is 0. The molecule has 0 spiro atoms.